The number of Topliss-reactive ketones (excluding diaryl/α,β-unsaturated/α-hetero) is 1. The van der Waals surface area contributed by atoms with Crippen molar-refractivity contribution in [3.63, 3.8) is 0 Å². The fourth-order valence-corrected chi connectivity index (χ4v) is 2.41. The molecule has 1 aromatic carbocycles. The van der Waals surface area contributed by atoms with Crippen LogP contribution in [0.25, 0.3) is 0 Å². The SMILES string of the molecule is CCCC(C)CC(=O)CCc1ccc(OC)c(OC)c1. The van der Waals surface area contributed by atoms with Crippen LogP contribution in [0.2, 0.25) is 0 Å². The zero-order valence-corrected chi connectivity index (χ0v) is 13.1. The van der Waals surface area contributed by atoms with E-state index in [-0.39, 0.29) is 0 Å². The third-order valence-electron chi connectivity index (χ3n) is 3.50. The molecule has 0 radical (unpaired) electrons. The molecule has 3 nitrogen and oxygen atoms in total. The lowest BCUT2D eigenvalue weighted by molar-refractivity contribution is -0.119. The van der Waals surface area contributed by atoms with Gasteiger partial charge in [0.2, 0.25) is 0 Å². The molecule has 0 fully saturated rings. The van der Waals surface area contributed by atoms with Gasteiger partial charge in [-0.1, -0.05) is 32.8 Å². The first kappa shape index (κ1) is 16.5. The van der Waals surface area contributed by atoms with E-state index >= 15 is 0 Å². The van der Waals surface area contributed by atoms with Gasteiger partial charge in [0.1, 0.15) is 5.78 Å². The molecule has 0 N–H and O–H groups in total. The number of hydrogen-bond acceptors (Lipinski definition) is 3. The number of carbonyl (C=O) groups is 1. The van der Waals surface area contributed by atoms with Crippen LogP contribution in [0.5, 0.6) is 11.5 Å². The molecule has 1 aromatic rings. The Hall–Kier alpha value is -1.51. The summed E-state index contributed by atoms with van der Waals surface area (Å²) in [6.45, 7) is 4.31. The van der Waals surface area contributed by atoms with Gasteiger partial charge in [-0.15, -0.1) is 0 Å². The predicted molar refractivity (Wildman–Crippen MR) is 81.6 cm³/mol. The molecule has 0 aliphatic heterocycles. The van der Waals surface area contributed by atoms with E-state index in [1.54, 1.807) is 14.2 Å². The summed E-state index contributed by atoms with van der Waals surface area (Å²) in [7, 11) is 3.25. The minimum absolute atomic E-state index is 0.348. The van der Waals surface area contributed by atoms with Gasteiger partial charge < -0.3 is 9.47 Å². The smallest absolute Gasteiger partial charge is 0.160 e. The van der Waals surface area contributed by atoms with E-state index in [0.717, 1.165) is 36.3 Å². The highest BCUT2D eigenvalue weighted by molar-refractivity contribution is 5.78. The molecule has 1 unspecified atom stereocenters. The summed E-state index contributed by atoms with van der Waals surface area (Å²) < 4.78 is 10.5. The first-order valence-electron chi connectivity index (χ1n) is 7.33. The Morgan fingerprint density at radius 3 is 2.50 bits per heavy atom. The predicted octanol–water partition coefficient (Wildman–Crippen LogP) is 4.03. The molecule has 1 rings (SSSR count). The van der Waals surface area contributed by atoms with Crippen molar-refractivity contribution in [1.29, 1.82) is 0 Å². The van der Waals surface area contributed by atoms with Gasteiger partial charge in [0.05, 0.1) is 14.2 Å². The van der Waals surface area contributed by atoms with E-state index in [0.29, 0.717) is 24.5 Å². The fraction of sp³-hybridized carbons (Fsp3) is 0.588. The highest BCUT2D eigenvalue weighted by Gasteiger charge is 2.10. The molecule has 0 aromatic heterocycles. The van der Waals surface area contributed by atoms with Crippen LogP contribution in [0.4, 0.5) is 0 Å². The molecule has 3 heteroatoms. The first-order chi connectivity index (χ1) is 9.60. The summed E-state index contributed by atoms with van der Waals surface area (Å²) in [5, 5.41) is 0. The summed E-state index contributed by atoms with van der Waals surface area (Å²) >= 11 is 0. The molecule has 1 atom stereocenters. The van der Waals surface area contributed by atoms with Gasteiger partial charge in [0, 0.05) is 12.8 Å². The van der Waals surface area contributed by atoms with E-state index in [4.69, 9.17) is 9.47 Å². The van der Waals surface area contributed by atoms with E-state index in [1.165, 1.54) is 0 Å². The lowest BCUT2D eigenvalue weighted by Gasteiger charge is -2.10. The van der Waals surface area contributed by atoms with Crippen LogP contribution in [-0.4, -0.2) is 20.0 Å². The maximum Gasteiger partial charge on any atom is 0.160 e. The highest BCUT2D eigenvalue weighted by atomic mass is 16.5. The minimum atomic E-state index is 0.348. The lowest BCUT2D eigenvalue weighted by atomic mass is 9.96. The molecule has 0 saturated heterocycles. The Balaban J connectivity index is 2.51. The second kappa shape index (κ2) is 8.62. The maximum atomic E-state index is 11.9. The van der Waals surface area contributed by atoms with Crippen LogP contribution in [0.3, 0.4) is 0 Å². The van der Waals surface area contributed by atoms with Crippen molar-refractivity contribution in [3.8, 4) is 11.5 Å². The number of ether oxygens (including phenoxy) is 2. The fourth-order valence-electron chi connectivity index (χ4n) is 2.41. The zero-order valence-electron chi connectivity index (χ0n) is 13.1. The molecule has 0 spiro atoms. The van der Waals surface area contributed by atoms with E-state index < -0.39 is 0 Å². The molecule has 0 aliphatic carbocycles. The third kappa shape index (κ3) is 5.24. The Labute approximate surface area is 122 Å². The number of rotatable bonds is 9. The molecule has 0 amide bonds. The molecule has 112 valence electrons. The van der Waals surface area contributed by atoms with Crippen molar-refractivity contribution in [2.45, 2.75) is 46.0 Å². The maximum absolute atomic E-state index is 11.9. The second-order valence-corrected chi connectivity index (χ2v) is 5.33. The van der Waals surface area contributed by atoms with Crippen LogP contribution in [0.1, 0.15) is 45.1 Å². The second-order valence-electron chi connectivity index (χ2n) is 5.33. The molecule has 0 bridgehead atoms. The molecule has 0 heterocycles. The quantitative estimate of drug-likeness (QED) is 0.684. The van der Waals surface area contributed by atoms with Crippen LogP contribution in [0, 0.1) is 5.92 Å². The Kier molecular flexibility index (Phi) is 7.13. The van der Waals surface area contributed by atoms with Crippen LogP contribution < -0.4 is 9.47 Å². The molecular formula is C17H26O3. The summed E-state index contributed by atoms with van der Waals surface area (Å²) in [4.78, 5) is 11.9. The van der Waals surface area contributed by atoms with Gasteiger partial charge in [-0.3, -0.25) is 4.79 Å². The van der Waals surface area contributed by atoms with Crippen molar-refractivity contribution in [2.24, 2.45) is 5.92 Å². The van der Waals surface area contributed by atoms with Crippen molar-refractivity contribution in [2.75, 3.05) is 14.2 Å². The van der Waals surface area contributed by atoms with Crippen molar-refractivity contribution in [3.05, 3.63) is 23.8 Å². The standard InChI is InChI=1S/C17H26O3/c1-5-6-13(2)11-15(18)9-7-14-8-10-16(19-3)17(12-14)20-4/h8,10,12-13H,5-7,9,11H2,1-4H3. The third-order valence-corrected chi connectivity index (χ3v) is 3.50. The Morgan fingerprint density at radius 1 is 1.20 bits per heavy atom. The Bertz CT molecular complexity index is 426. The molecular weight excluding hydrogens is 252 g/mol. The van der Waals surface area contributed by atoms with Gasteiger partial charge in [-0.2, -0.15) is 0 Å². The Morgan fingerprint density at radius 2 is 1.90 bits per heavy atom. The van der Waals surface area contributed by atoms with Gasteiger partial charge in [0.25, 0.3) is 0 Å². The van der Waals surface area contributed by atoms with Gasteiger partial charge in [-0.25, -0.2) is 0 Å². The van der Waals surface area contributed by atoms with E-state index in [1.807, 2.05) is 18.2 Å². The van der Waals surface area contributed by atoms with Crippen LogP contribution in [0.15, 0.2) is 18.2 Å². The van der Waals surface area contributed by atoms with Crippen molar-refractivity contribution in [1.82, 2.24) is 0 Å². The van der Waals surface area contributed by atoms with E-state index in [9.17, 15) is 4.79 Å². The number of hydrogen-bond donors (Lipinski definition) is 0. The number of carbonyl (C=O) groups excluding carboxylic acids is 1. The average molecular weight is 278 g/mol. The van der Waals surface area contributed by atoms with Crippen molar-refractivity contribution >= 4 is 5.78 Å². The van der Waals surface area contributed by atoms with Gasteiger partial charge in [-0.05, 0) is 30.0 Å². The topological polar surface area (TPSA) is 35.5 Å². The number of benzene rings is 1. The molecule has 20 heavy (non-hydrogen) atoms. The minimum Gasteiger partial charge on any atom is -0.493 e. The lowest BCUT2D eigenvalue weighted by Crippen LogP contribution is -2.06. The monoisotopic (exact) mass is 278 g/mol. The largest absolute Gasteiger partial charge is 0.493 e. The van der Waals surface area contributed by atoms with Gasteiger partial charge >= 0.3 is 0 Å². The average Bonchev–Trinajstić information content (AvgIpc) is 2.44. The van der Waals surface area contributed by atoms with Crippen molar-refractivity contribution < 1.29 is 14.3 Å². The highest BCUT2D eigenvalue weighted by Crippen LogP contribution is 2.28. The zero-order chi connectivity index (χ0) is 15.0. The first-order valence-corrected chi connectivity index (χ1v) is 7.33. The molecule has 0 saturated carbocycles. The van der Waals surface area contributed by atoms with E-state index in [2.05, 4.69) is 13.8 Å². The van der Waals surface area contributed by atoms with Gasteiger partial charge in [0.15, 0.2) is 11.5 Å². The summed E-state index contributed by atoms with van der Waals surface area (Å²) in [5.41, 5.74) is 1.11. The number of aryl methyl sites for hydroxylation is 1. The van der Waals surface area contributed by atoms with Crippen LogP contribution >= 0.6 is 0 Å². The summed E-state index contributed by atoms with van der Waals surface area (Å²) in [5.74, 6) is 2.29. The summed E-state index contributed by atoms with van der Waals surface area (Å²) in [6.07, 6.45) is 4.33. The molecule has 0 aliphatic rings. The number of ketones is 1. The normalized spacial score (nSPS) is 12.0. The summed E-state index contributed by atoms with van der Waals surface area (Å²) in [6, 6.07) is 5.82. The number of methoxy groups -OCH3 is 2. The van der Waals surface area contributed by atoms with Crippen LogP contribution in [-0.2, 0) is 11.2 Å².